The molecule has 0 aliphatic heterocycles. The first kappa shape index (κ1) is 16.1. The van der Waals surface area contributed by atoms with E-state index in [1.807, 2.05) is 0 Å². The Morgan fingerprint density at radius 3 is 2.75 bits per heavy atom. The Hall–Kier alpha value is -2.74. The van der Waals surface area contributed by atoms with Gasteiger partial charge in [0.1, 0.15) is 17.1 Å². The first-order valence-electron chi connectivity index (χ1n) is 7.11. The second-order valence-electron chi connectivity index (χ2n) is 5.38. The number of anilines is 1. The quantitative estimate of drug-likeness (QED) is 0.786. The number of aryl methyl sites for hydroxylation is 1. The van der Waals surface area contributed by atoms with Crippen LogP contribution >= 0.6 is 11.3 Å². The third-order valence-corrected chi connectivity index (χ3v) is 4.60. The Bertz CT molecular complexity index is 1060. The first-order valence-corrected chi connectivity index (χ1v) is 7.99. The van der Waals surface area contributed by atoms with Crippen LogP contribution in [0.25, 0.3) is 10.2 Å². The predicted molar refractivity (Wildman–Crippen MR) is 91.1 cm³/mol. The molecule has 6 nitrogen and oxygen atoms in total. The average molecular weight is 347 g/mol. The van der Waals surface area contributed by atoms with Crippen molar-refractivity contribution in [3.05, 3.63) is 61.9 Å². The monoisotopic (exact) mass is 347 g/mol. The number of amides is 1. The van der Waals surface area contributed by atoms with E-state index in [9.17, 15) is 18.8 Å². The maximum Gasteiger partial charge on any atom is 0.331 e. The van der Waals surface area contributed by atoms with Gasteiger partial charge in [0.15, 0.2) is 0 Å². The Labute approximate surface area is 139 Å². The SMILES string of the molecule is Cc1ccc(NC(=O)Cn2c(=O)n(C)c(=O)c3sccc32)cc1F. The van der Waals surface area contributed by atoms with E-state index in [2.05, 4.69) is 5.32 Å². The van der Waals surface area contributed by atoms with Gasteiger partial charge in [0.05, 0.1) is 5.52 Å². The lowest BCUT2D eigenvalue weighted by atomic mass is 10.2. The molecule has 8 heteroatoms. The Morgan fingerprint density at radius 2 is 2.04 bits per heavy atom. The lowest BCUT2D eigenvalue weighted by Crippen LogP contribution is -2.39. The van der Waals surface area contributed by atoms with Gasteiger partial charge in [0.2, 0.25) is 5.91 Å². The molecule has 0 fully saturated rings. The highest BCUT2D eigenvalue weighted by molar-refractivity contribution is 7.17. The lowest BCUT2D eigenvalue weighted by Gasteiger charge is -2.10. The molecular formula is C16H14FN3O3S. The van der Waals surface area contributed by atoms with Gasteiger partial charge in [-0.1, -0.05) is 6.07 Å². The number of benzene rings is 1. The zero-order valence-corrected chi connectivity index (χ0v) is 13.8. The largest absolute Gasteiger partial charge is 0.331 e. The van der Waals surface area contributed by atoms with Gasteiger partial charge in [-0.05, 0) is 36.1 Å². The minimum absolute atomic E-state index is 0.268. The van der Waals surface area contributed by atoms with E-state index in [1.165, 1.54) is 29.0 Å². The molecule has 1 N–H and O–H groups in total. The molecule has 0 bridgehead atoms. The normalized spacial score (nSPS) is 11.0. The second kappa shape index (κ2) is 6.04. The van der Waals surface area contributed by atoms with Gasteiger partial charge in [0, 0.05) is 12.7 Å². The molecule has 0 radical (unpaired) electrons. The van der Waals surface area contributed by atoms with Crippen molar-refractivity contribution in [3.63, 3.8) is 0 Å². The summed E-state index contributed by atoms with van der Waals surface area (Å²) < 4.78 is 16.1. The molecule has 124 valence electrons. The van der Waals surface area contributed by atoms with Crippen molar-refractivity contribution in [1.82, 2.24) is 9.13 Å². The Kier molecular flexibility index (Phi) is 4.06. The number of nitrogens with zero attached hydrogens (tertiary/aromatic N) is 2. The number of carbonyl (C=O) groups excluding carboxylic acids is 1. The van der Waals surface area contributed by atoms with Gasteiger partial charge in [0.25, 0.3) is 5.56 Å². The van der Waals surface area contributed by atoms with Crippen LogP contribution in [0.2, 0.25) is 0 Å². The van der Waals surface area contributed by atoms with Gasteiger partial charge >= 0.3 is 5.69 Å². The summed E-state index contributed by atoms with van der Waals surface area (Å²) in [6, 6.07) is 5.99. The minimum atomic E-state index is -0.573. The van der Waals surface area contributed by atoms with E-state index in [0.29, 0.717) is 21.5 Å². The van der Waals surface area contributed by atoms with Crippen molar-refractivity contribution < 1.29 is 9.18 Å². The highest BCUT2D eigenvalue weighted by Gasteiger charge is 2.14. The maximum atomic E-state index is 13.5. The number of aromatic nitrogens is 2. The molecule has 2 aromatic heterocycles. The number of carbonyl (C=O) groups is 1. The zero-order valence-electron chi connectivity index (χ0n) is 13.0. The van der Waals surface area contributed by atoms with E-state index in [0.717, 1.165) is 4.57 Å². The van der Waals surface area contributed by atoms with Crippen molar-refractivity contribution in [3.8, 4) is 0 Å². The maximum absolute atomic E-state index is 13.5. The molecule has 2 heterocycles. The standard InChI is InChI=1S/C16H14FN3O3S/c1-9-3-4-10(7-11(9)17)18-13(21)8-20-12-5-6-24-14(12)15(22)19(2)16(20)23/h3-7H,8H2,1-2H3,(H,18,21). The number of hydrogen-bond donors (Lipinski definition) is 1. The van der Waals surface area contributed by atoms with E-state index < -0.39 is 17.4 Å². The third kappa shape index (κ3) is 2.76. The fourth-order valence-corrected chi connectivity index (χ4v) is 3.24. The van der Waals surface area contributed by atoms with E-state index >= 15 is 0 Å². The molecule has 0 aliphatic carbocycles. The van der Waals surface area contributed by atoms with E-state index in [4.69, 9.17) is 0 Å². The van der Waals surface area contributed by atoms with E-state index in [1.54, 1.807) is 30.5 Å². The van der Waals surface area contributed by atoms with Crippen molar-refractivity contribution >= 4 is 33.1 Å². The fraction of sp³-hybridized carbons (Fsp3) is 0.188. The van der Waals surface area contributed by atoms with Gasteiger partial charge in [-0.3, -0.25) is 18.7 Å². The summed E-state index contributed by atoms with van der Waals surface area (Å²) in [6.45, 7) is 1.36. The van der Waals surface area contributed by atoms with Crippen LogP contribution in [0.15, 0.2) is 39.2 Å². The summed E-state index contributed by atoms with van der Waals surface area (Å²) in [7, 11) is 1.37. The van der Waals surface area contributed by atoms with Crippen molar-refractivity contribution in [2.24, 2.45) is 7.05 Å². The van der Waals surface area contributed by atoms with Gasteiger partial charge in [-0.2, -0.15) is 0 Å². The number of halogens is 1. The van der Waals surface area contributed by atoms with Crippen LogP contribution in [0.5, 0.6) is 0 Å². The zero-order chi connectivity index (χ0) is 17.4. The molecule has 0 spiro atoms. The molecular weight excluding hydrogens is 333 g/mol. The Morgan fingerprint density at radius 1 is 1.29 bits per heavy atom. The van der Waals surface area contributed by atoms with Crippen LogP contribution in [-0.4, -0.2) is 15.0 Å². The molecule has 24 heavy (non-hydrogen) atoms. The molecule has 3 aromatic rings. The fourth-order valence-electron chi connectivity index (χ4n) is 2.37. The molecule has 0 aliphatic rings. The molecule has 1 amide bonds. The predicted octanol–water partition coefficient (Wildman–Crippen LogP) is 1.85. The second-order valence-corrected chi connectivity index (χ2v) is 6.30. The van der Waals surface area contributed by atoms with Gasteiger partial charge in [-0.15, -0.1) is 11.3 Å². The number of nitrogens with one attached hydrogen (secondary N) is 1. The summed E-state index contributed by atoms with van der Waals surface area (Å²) in [5, 5.41) is 4.24. The highest BCUT2D eigenvalue weighted by Crippen LogP contribution is 2.16. The summed E-state index contributed by atoms with van der Waals surface area (Å²) in [5.74, 6) is -0.904. The van der Waals surface area contributed by atoms with Crippen LogP contribution in [0.3, 0.4) is 0 Å². The number of fused-ring (bicyclic) bond motifs is 1. The molecule has 0 atom stereocenters. The van der Waals surface area contributed by atoms with Gasteiger partial charge in [-0.25, -0.2) is 9.18 Å². The van der Waals surface area contributed by atoms with Crippen molar-refractivity contribution in [2.75, 3.05) is 5.32 Å². The lowest BCUT2D eigenvalue weighted by molar-refractivity contribution is -0.116. The summed E-state index contributed by atoms with van der Waals surface area (Å²) in [5.41, 5.74) is 0.238. The summed E-state index contributed by atoms with van der Waals surface area (Å²) >= 11 is 1.21. The molecule has 0 unspecified atom stereocenters. The Balaban J connectivity index is 1.94. The molecule has 0 saturated heterocycles. The van der Waals surface area contributed by atoms with Crippen LogP contribution in [-0.2, 0) is 18.4 Å². The van der Waals surface area contributed by atoms with Crippen LogP contribution in [0.4, 0.5) is 10.1 Å². The first-order chi connectivity index (χ1) is 11.4. The van der Waals surface area contributed by atoms with E-state index in [-0.39, 0.29) is 12.1 Å². The summed E-state index contributed by atoms with van der Waals surface area (Å²) in [6.07, 6.45) is 0. The molecule has 0 saturated carbocycles. The minimum Gasteiger partial charge on any atom is -0.324 e. The molecule has 1 aromatic carbocycles. The van der Waals surface area contributed by atoms with Crippen LogP contribution < -0.4 is 16.6 Å². The average Bonchev–Trinajstić information content (AvgIpc) is 3.02. The molecule has 3 rings (SSSR count). The topological polar surface area (TPSA) is 73.1 Å². The van der Waals surface area contributed by atoms with Crippen molar-refractivity contribution in [2.45, 2.75) is 13.5 Å². The number of thiophene rings is 1. The summed E-state index contributed by atoms with van der Waals surface area (Å²) in [4.78, 5) is 36.5. The highest BCUT2D eigenvalue weighted by atomic mass is 32.1. The smallest absolute Gasteiger partial charge is 0.324 e. The number of hydrogen-bond acceptors (Lipinski definition) is 4. The van der Waals surface area contributed by atoms with Crippen LogP contribution in [0.1, 0.15) is 5.56 Å². The van der Waals surface area contributed by atoms with Crippen molar-refractivity contribution in [1.29, 1.82) is 0 Å². The van der Waals surface area contributed by atoms with Crippen LogP contribution in [0, 0.1) is 12.7 Å². The third-order valence-electron chi connectivity index (χ3n) is 3.71. The number of rotatable bonds is 3. The van der Waals surface area contributed by atoms with Gasteiger partial charge < -0.3 is 5.32 Å².